The summed E-state index contributed by atoms with van der Waals surface area (Å²) in [5.41, 5.74) is 4.03. The van der Waals surface area contributed by atoms with Crippen LogP contribution in [0.15, 0.2) is 60.7 Å². The van der Waals surface area contributed by atoms with Crippen molar-refractivity contribution in [2.45, 2.75) is 26.2 Å². The maximum Gasteiger partial charge on any atom is 0.162 e. The lowest BCUT2D eigenvalue weighted by atomic mass is 10.0. The van der Waals surface area contributed by atoms with Crippen molar-refractivity contribution in [3.63, 3.8) is 0 Å². The molecule has 1 N–H and O–H groups in total. The van der Waals surface area contributed by atoms with Gasteiger partial charge < -0.3 is 9.72 Å². The Kier molecular flexibility index (Phi) is 6.59. The van der Waals surface area contributed by atoms with E-state index in [0.717, 1.165) is 29.6 Å². The van der Waals surface area contributed by atoms with Crippen LogP contribution in [0.2, 0.25) is 10.0 Å². The van der Waals surface area contributed by atoms with Gasteiger partial charge in [-0.1, -0.05) is 41.4 Å². The van der Waals surface area contributed by atoms with Gasteiger partial charge in [0.05, 0.1) is 33.2 Å². The quantitative estimate of drug-likeness (QED) is 0.289. The second kappa shape index (κ2) is 9.54. The number of Topliss-reactive ketones (excluding diaryl/α,β-unsaturated/α-hetero) is 1. The van der Waals surface area contributed by atoms with Crippen LogP contribution in [0.5, 0.6) is 5.75 Å². The molecule has 0 aliphatic rings. The topological polar surface area (TPSA) is 55.0 Å². The summed E-state index contributed by atoms with van der Waals surface area (Å²) < 4.78 is 5.54. The molecule has 0 aliphatic carbocycles. The standard InChI is InChI=1S/C25H22Cl2N2O2/c1-2-31-18-8-3-6-16(14-18)7-4-11-23(30)17-12-13-21-22(15-17)29-25(28-21)24-19(26)9-5-10-20(24)27/h3,5-6,8-10,12-15H,2,4,7,11H2,1H3,(H,28,29). The molecule has 0 unspecified atom stereocenters. The van der Waals surface area contributed by atoms with E-state index in [1.807, 2.05) is 43.3 Å². The Bertz CT molecular complexity index is 1210. The monoisotopic (exact) mass is 452 g/mol. The number of fused-ring (bicyclic) bond motifs is 1. The van der Waals surface area contributed by atoms with E-state index in [9.17, 15) is 4.79 Å². The predicted molar refractivity (Wildman–Crippen MR) is 126 cm³/mol. The lowest BCUT2D eigenvalue weighted by Crippen LogP contribution is -2.00. The molecule has 6 heteroatoms. The number of H-pyrrole nitrogens is 1. The minimum absolute atomic E-state index is 0.106. The van der Waals surface area contributed by atoms with E-state index < -0.39 is 0 Å². The fourth-order valence-electron chi connectivity index (χ4n) is 3.58. The van der Waals surface area contributed by atoms with E-state index in [4.69, 9.17) is 27.9 Å². The van der Waals surface area contributed by atoms with E-state index in [1.54, 1.807) is 18.2 Å². The van der Waals surface area contributed by atoms with Crippen molar-refractivity contribution >= 4 is 40.0 Å². The number of aryl methyl sites for hydroxylation is 1. The summed E-state index contributed by atoms with van der Waals surface area (Å²) >= 11 is 12.6. The fourth-order valence-corrected chi connectivity index (χ4v) is 4.16. The van der Waals surface area contributed by atoms with Crippen LogP contribution in [0, 0.1) is 0 Å². The number of rotatable bonds is 8. The molecule has 4 nitrogen and oxygen atoms in total. The number of carbonyl (C=O) groups excluding carboxylic acids is 1. The van der Waals surface area contributed by atoms with E-state index in [1.165, 1.54) is 5.56 Å². The normalized spacial score (nSPS) is 11.1. The Balaban J connectivity index is 1.46. The minimum atomic E-state index is 0.106. The Hall–Kier alpha value is -2.82. The number of carbonyl (C=O) groups is 1. The molecule has 0 radical (unpaired) electrons. The molecule has 4 rings (SSSR count). The molecule has 4 aromatic rings. The number of aromatic amines is 1. The van der Waals surface area contributed by atoms with Crippen molar-refractivity contribution in [1.82, 2.24) is 9.97 Å². The Morgan fingerprint density at radius 2 is 1.81 bits per heavy atom. The number of ether oxygens (including phenoxy) is 1. The molecule has 0 saturated heterocycles. The van der Waals surface area contributed by atoms with Gasteiger partial charge in [-0.05, 0) is 67.8 Å². The third kappa shape index (κ3) is 4.92. The number of hydrogen-bond acceptors (Lipinski definition) is 3. The van der Waals surface area contributed by atoms with Gasteiger partial charge in [-0.15, -0.1) is 0 Å². The molecule has 158 valence electrons. The van der Waals surface area contributed by atoms with E-state index in [-0.39, 0.29) is 5.78 Å². The number of aromatic nitrogens is 2. The molecule has 0 spiro atoms. The molecule has 31 heavy (non-hydrogen) atoms. The average Bonchev–Trinajstić information content (AvgIpc) is 3.17. The maximum atomic E-state index is 12.7. The fraction of sp³-hybridized carbons (Fsp3) is 0.200. The van der Waals surface area contributed by atoms with Crippen LogP contribution in [0.4, 0.5) is 0 Å². The van der Waals surface area contributed by atoms with Crippen LogP contribution in [-0.2, 0) is 6.42 Å². The summed E-state index contributed by atoms with van der Waals surface area (Å²) in [6.45, 7) is 2.61. The second-order valence-electron chi connectivity index (χ2n) is 7.27. The number of benzene rings is 3. The summed E-state index contributed by atoms with van der Waals surface area (Å²) in [5.74, 6) is 1.56. The van der Waals surface area contributed by atoms with Gasteiger partial charge in [0.15, 0.2) is 5.78 Å². The van der Waals surface area contributed by atoms with Crippen LogP contribution >= 0.6 is 23.2 Å². The first-order chi connectivity index (χ1) is 15.0. The molecule has 3 aromatic carbocycles. The molecule has 0 bridgehead atoms. The maximum absolute atomic E-state index is 12.7. The van der Waals surface area contributed by atoms with Crippen molar-refractivity contribution in [3.05, 3.63) is 81.8 Å². The third-order valence-corrected chi connectivity index (χ3v) is 5.71. The molecule has 0 saturated carbocycles. The molecule has 0 aliphatic heterocycles. The van der Waals surface area contributed by atoms with Gasteiger partial charge in [0.1, 0.15) is 11.6 Å². The molecule has 1 aromatic heterocycles. The smallest absolute Gasteiger partial charge is 0.162 e. The zero-order chi connectivity index (χ0) is 21.8. The van der Waals surface area contributed by atoms with Gasteiger partial charge in [0.25, 0.3) is 0 Å². The van der Waals surface area contributed by atoms with Gasteiger partial charge in [-0.3, -0.25) is 4.79 Å². The van der Waals surface area contributed by atoms with Crippen molar-refractivity contribution in [2.24, 2.45) is 0 Å². The highest BCUT2D eigenvalue weighted by molar-refractivity contribution is 6.39. The van der Waals surface area contributed by atoms with Crippen molar-refractivity contribution in [1.29, 1.82) is 0 Å². The number of nitrogens with zero attached hydrogens (tertiary/aromatic N) is 1. The number of ketones is 1. The van der Waals surface area contributed by atoms with Crippen molar-refractivity contribution < 1.29 is 9.53 Å². The zero-order valence-electron chi connectivity index (χ0n) is 17.1. The van der Waals surface area contributed by atoms with Crippen LogP contribution in [0.25, 0.3) is 22.4 Å². The minimum Gasteiger partial charge on any atom is -0.494 e. The number of hydrogen-bond donors (Lipinski definition) is 1. The number of nitrogens with one attached hydrogen (secondary N) is 1. The summed E-state index contributed by atoms with van der Waals surface area (Å²) in [6.07, 6.45) is 2.08. The first-order valence-electron chi connectivity index (χ1n) is 10.2. The highest BCUT2D eigenvalue weighted by Crippen LogP contribution is 2.34. The van der Waals surface area contributed by atoms with Gasteiger partial charge >= 0.3 is 0 Å². The SMILES string of the molecule is CCOc1cccc(CCCC(=O)c2ccc3nc(-c4c(Cl)cccc4Cl)[nH]c3c2)c1. The van der Waals surface area contributed by atoms with Gasteiger partial charge in [-0.2, -0.15) is 0 Å². The van der Waals surface area contributed by atoms with E-state index >= 15 is 0 Å². The van der Waals surface area contributed by atoms with Crippen LogP contribution in [0.3, 0.4) is 0 Å². The Morgan fingerprint density at radius 1 is 1.03 bits per heavy atom. The van der Waals surface area contributed by atoms with Crippen LogP contribution in [0.1, 0.15) is 35.7 Å². The first-order valence-corrected chi connectivity index (χ1v) is 11.0. The van der Waals surface area contributed by atoms with Gasteiger partial charge in [0, 0.05) is 12.0 Å². The van der Waals surface area contributed by atoms with Gasteiger partial charge in [-0.25, -0.2) is 4.98 Å². The van der Waals surface area contributed by atoms with E-state index in [2.05, 4.69) is 16.0 Å². The molecule has 0 amide bonds. The van der Waals surface area contributed by atoms with E-state index in [0.29, 0.717) is 40.0 Å². The molecular weight excluding hydrogens is 431 g/mol. The highest BCUT2D eigenvalue weighted by atomic mass is 35.5. The van der Waals surface area contributed by atoms with Crippen molar-refractivity contribution in [3.8, 4) is 17.1 Å². The lowest BCUT2D eigenvalue weighted by Gasteiger charge is -2.06. The van der Waals surface area contributed by atoms with Crippen LogP contribution < -0.4 is 4.74 Å². The van der Waals surface area contributed by atoms with Gasteiger partial charge in [0.2, 0.25) is 0 Å². The van der Waals surface area contributed by atoms with Crippen molar-refractivity contribution in [2.75, 3.05) is 6.61 Å². The number of halogens is 2. The third-order valence-electron chi connectivity index (χ3n) is 5.08. The largest absolute Gasteiger partial charge is 0.494 e. The second-order valence-corrected chi connectivity index (χ2v) is 8.09. The summed E-state index contributed by atoms with van der Waals surface area (Å²) in [6, 6.07) is 18.9. The Labute approximate surface area is 191 Å². The summed E-state index contributed by atoms with van der Waals surface area (Å²) in [5, 5.41) is 1.05. The number of imidazole rings is 1. The molecular formula is C25H22Cl2N2O2. The molecule has 0 atom stereocenters. The average molecular weight is 453 g/mol. The summed E-state index contributed by atoms with van der Waals surface area (Å²) in [7, 11) is 0. The molecule has 1 heterocycles. The summed E-state index contributed by atoms with van der Waals surface area (Å²) in [4.78, 5) is 20.6. The van der Waals surface area contributed by atoms with Crippen LogP contribution in [-0.4, -0.2) is 22.4 Å². The zero-order valence-corrected chi connectivity index (χ0v) is 18.6. The Morgan fingerprint density at radius 3 is 2.58 bits per heavy atom. The lowest BCUT2D eigenvalue weighted by molar-refractivity contribution is 0.0980. The first kappa shape index (κ1) is 21.4. The molecule has 0 fully saturated rings. The predicted octanol–water partition coefficient (Wildman–Crippen LogP) is 7.14. The highest BCUT2D eigenvalue weighted by Gasteiger charge is 2.14.